The van der Waals surface area contributed by atoms with Crippen LogP contribution in [0.5, 0.6) is 0 Å². The molecule has 2 atom stereocenters. The van der Waals surface area contributed by atoms with Gasteiger partial charge in [0.25, 0.3) is 0 Å². The quantitative estimate of drug-likeness (QED) is 0.675. The number of hydrogen-bond acceptors (Lipinski definition) is 1. The van der Waals surface area contributed by atoms with Crippen LogP contribution in [0.2, 0.25) is 0 Å². The van der Waals surface area contributed by atoms with Crippen LogP contribution in [0.25, 0.3) is 0 Å². The SMILES string of the molecule is CC1CCCC(C(=O)C(F)(F)C(F)F)C1. The number of rotatable bonds is 3. The van der Waals surface area contributed by atoms with Crippen LogP contribution in [0, 0.1) is 11.8 Å². The lowest BCUT2D eigenvalue weighted by molar-refractivity contribution is -0.172. The van der Waals surface area contributed by atoms with Crippen LogP contribution in [-0.4, -0.2) is 18.1 Å². The number of alkyl halides is 4. The number of hydrogen-bond donors (Lipinski definition) is 0. The Morgan fingerprint density at radius 2 is 1.93 bits per heavy atom. The van der Waals surface area contributed by atoms with Crippen molar-refractivity contribution in [2.24, 2.45) is 11.8 Å². The number of halogens is 4. The van der Waals surface area contributed by atoms with Gasteiger partial charge in [-0.1, -0.05) is 19.8 Å². The summed E-state index contributed by atoms with van der Waals surface area (Å²) in [6.07, 6.45) is -1.73. The van der Waals surface area contributed by atoms with Crippen molar-refractivity contribution in [3.05, 3.63) is 0 Å². The van der Waals surface area contributed by atoms with E-state index in [1.165, 1.54) is 0 Å². The van der Waals surface area contributed by atoms with Crippen LogP contribution in [0.4, 0.5) is 17.6 Å². The number of carbonyl (C=O) groups is 1. The molecule has 0 bridgehead atoms. The summed E-state index contributed by atoms with van der Waals surface area (Å²) in [5.41, 5.74) is 0. The third kappa shape index (κ3) is 2.69. The largest absolute Gasteiger partial charge is 0.364 e. The van der Waals surface area contributed by atoms with Gasteiger partial charge in [0.05, 0.1) is 0 Å². The molecule has 1 fully saturated rings. The van der Waals surface area contributed by atoms with Crippen molar-refractivity contribution >= 4 is 5.78 Å². The molecule has 0 spiro atoms. The van der Waals surface area contributed by atoms with E-state index in [4.69, 9.17) is 0 Å². The van der Waals surface area contributed by atoms with E-state index in [1.807, 2.05) is 6.92 Å². The highest BCUT2D eigenvalue weighted by atomic mass is 19.3. The standard InChI is InChI=1S/C10H14F4O/c1-6-3-2-4-7(5-6)8(15)10(13,14)9(11)12/h6-7,9H,2-5H2,1H3. The highest BCUT2D eigenvalue weighted by molar-refractivity contribution is 5.88. The van der Waals surface area contributed by atoms with Gasteiger partial charge in [0, 0.05) is 5.92 Å². The van der Waals surface area contributed by atoms with E-state index in [2.05, 4.69) is 0 Å². The summed E-state index contributed by atoms with van der Waals surface area (Å²) in [5.74, 6) is -6.77. The zero-order valence-corrected chi connectivity index (χ0v) is 8.48. The number of Topliss-reactive ketones (excluding diaryl/α,β-unsaturated/α-hetero) is 1. The van der Waals surface area contributed by atoms with Gasteiger partial charge >= 0.3 is 12.3 Å². The van der Waals surface area contributed by atoms with Crippen LogP contribution < -0.4 is 0 Å². The van der Waals surface area contributed by atoms with E-state index in [0.29, 0.717) is 19.3 Å². The van der Waals surface area contributed by atoms with Gasteiger partial charge < -0.3 is 0 Å². The molecule has 0 aromatic carbocycles. The van der Waals surface area contributed by atoms with Crippen LogP contribution in [-0.2, 0) is 4.79 Å². The van der Waals surface area contributed by atoms with Crippen molar-refractivity contribution < 1.29 is 22.4 Å². The minimum absolute atomic E-state index is 0.168. The molecular formula is C10H14F4O. The fraction of sp³-hybridized carbons (Fsp3) is 0.900. The van der Waals surface area contributed by atoms with Crippen LogP contribution in [0.1, 0.15) is 32.6 Å². The van der Waals surface area contributed by atoms with Crippen molar-refractivity contribution in [1.29, 1.82) is 0 Å². The van der Waals surface area contributed by atoms with Gasteiger partial charge in [-0.2, -0.15) is 8.78 Å². The molecule has 1 nitrogen and oxygen atoms in total. The van der Waals surface area contributed by atoms with Crippen LogP contribution in [0.3, 0.4) is 0 Å². The third-order valence-electron chi connectivity index (χ3n) is 2.91. The fourth-order valence-electron chi connectivity index (χ4n) is 2.05. The Bertz CT molecular complexity index is 240. The molecule has 5 heteroatoms. The van der Waals surface area contributed by atoms with Crippen molar-refractivity contribution in [3.63, 3.8) is 0 Å². The highest BCUT2D eigenvalue weighted by Gasteiger charge is 2.51. The van der Waals surface area contributed by atoms with Gasteiger partial charge in [-0.3, -0.25) is 4.79 Å². The van der Waals surface area contributed by atoms with Gasteiger partial charge in [0.2, 0.25) is 5.78 Å². The van der Waals surface area contributed by atoms with Crippen LogP contribution >= 0.6 is 0 Å². The van der Waals surface area contributed by atoms with Crippen molar-refractivity contribution in [3.8, 4) is 0 Å². The second-order valence-corrected chi connectivity index (χ2v) is 4.26. The summed E-state index contributed by atoms with van der Waals surface area (Å²) in [5, 5.41) is 0. The van der Waals surface area contributed by atoms with E-state index in [9.17, 15) is 22.4 Å². The molecule has 0 amide bonds. The molecule has 15 heavy (non-hydrogen) atoms. The van der Waals surface area contributed by atoms with E-state index in [0.717, 1.165) is 6.42 Å². The Hall–Kier alpha value is -0.610. The fourth-order valence-corrected chi connectivity index (χ4v) is 2.05. The average Bonchev–Trinajstić information content (AvgIpc) is 2.16. The van der Waals surface area contributed by atoms with Gasteiger partial charge in [0.15, 0.2) is 0 Å². The maximum atomic E-state index is 12.8. The van der Waals surface area contributed by atoms with E-state index < -0.39 is 24.0 Å². The van der Waals surface area contributed by atoms with Crippen molar-refractivity contribution in [1.82, 2.24) is 0 Å². The maximum Gasteiger partial charge on any atom is 0.364 e. The smallest absolute Gasteiger partial charge is 0.292 e. The van der Waals surface area contributed by atoms with Gasteiger partial charge in [0.1, 0.15) is 0 Å². The van der Waals surface area contributed by atoms with E-state index in [1.54, 1.807) is 0 Å². The first-order chi connectivity index (χ1) is 6.85. The Kier molecular flexibility index (Phi) is 3.73. The summed E-state index contributed by atoms with van der Waals surface area (Å²) in [6, 6.07) is 0. The predicted molar refractivity (Wildman–Crippen MR) is 47.1 cm³/mol. The van der Waals surface area contributed by atoms with Gasteiger partial charge in [-0.25, -0.2) is 8.78 Å². The highest BCUT2D eigenvalue weighted by Crippen LogP contribution is 2.35. The lowest BCUT2D eigenvalue weighted by atomic mass is 9.79. The van der Waals surface area contributed by atoms with Gasteiger partial charge in [-0.05, 0) is 18.8 Å². The molecule has 0 aromatic heterocycles. The lowest BCUT2D eigenvalue weighted by Crippen LogP contribution is -2.42. The molecule has 0 radical (unpaired) electrons. The first-order valence-corrected chi connectivity index (χ1v) is 5.06. The predicted octanol–water partition coefficient (Wildman–Crippen LogP) is 3.28. The molecule has 0 aliphatic heterocycles. The summed E-state index contributed by atoms with van der Waals surface area (Å²) in [6.45, 7) is 1.85. The summed E-state index contributed by atoms with van der Waals surface area (Å²) in [4.78, 5) is 11.2. The first kappa shape index (κ1) is 12.5. The summed E-state index contributed by atoms with van der Waals surface area (Å²) >= 11 is 0. The monoisotopic (exact) mass is 226 g/mol. The zero-order valence-electron chi connectivity index (χ0n) is 8.48. The van der Waals surface area contributed by atoms with E-state index in [-0.39, 0.29) is 5.92 Å². The second-order valence-electron chi connectivity index (χ2n) is 4.26. The molecular weight excluding hydrogens is 212 g/mol. The van der Waals surface area contributed by atoms with E-state index >= 15 is 0 Å². The van der Waals surface area contributed by atoms with Crippen LogP contribution in [0.15, 0.2) is 0 Å². The van der Waals surface area contributed by atoms with Gasteiger partial charge in [-0.15, -0.1) is 0 Å². The third-order valence-corrected chi connectivity index (χ3v) is 2.91. The Morgan fingerprint density at radius 1 is 1.33 bits per heavy atom. The first-order valence-electron chi connectivity index (χ1n) is 5.06. The second kappa shape index (κ2) is 4.49. The lowest BCUT2D eigenvalue weighted by Gasteiger charge is -2.28. The molecule has 1 saturated carbocycles. The summed E-state index contributed by atoms with van der Waals surface area (Å²) in [7, 11) is 0. The zero-order chi connectivity index (χ0) is 11.6. The maximum absolute atomic E-state index is 12.8. The summed E-state index contributed by atoms with van der Waals surface area (Å²) < 4.78 is 49.4. The van der Waals surface area contributed by atoms with Crippen molar-refractivity contribution in [2.75, 3.05) is 0 Å². The number of ketones is 1. The molecule has 1 aliphatic carbocycles. The molecule has 0 heterocycles. The minimum Gasteiger partial charge on any atom is -0.292 e. The topological polar surface area (TPSA) is 17.1 Å². The molecule has 1 aliphatic rings. The Morgan fingerprint density at radius 3 is 2.40 bits per heavy atom. The average molecular weight is 226 g/mol. The molecule has 0 N–H and O–H groups in total. The van der Waals surface area contributed by atoms with Crippen molar-refractivity contribution in [2.45, 2.75) is 45.0 Å². The Balaban J connectivity index is 2.67. The molecule has 88 valence electrons. The molecule has 0 aromatic rings. The minimum atomic E-state index is -4.47. The Labute approximate surface area is 85.8 Å². The number of carbonyl (C=O) groups excluding carboxylic acids is 1. The normalized spacial score (nSPS) is 28.1. The molecule has 2 unspecified atom stereocenters. The molecule has 0 saturated heterocycles. The molecule has 1 rings (SSSR count).